The molecule has 0 aromatic heterocycles. The van der Waals surface area contributed by atoms with E-state index in [2.05, 4.69) is 5.32 Å². The molecule has 0 fully saturated rings. The third-order valence-electron chi connectivity index (χ3n) is 3.15. The van der Waals surface area contributed by atoms with Crippen molar-refractivity contribution in [1.82, 2.24) is 5.32 Å². The van der Waals surface area contributed by atoms with Crippen LogP contribution in [-0.2, 0) is 0 Å². The van der Waals surface area contributed by atoms with E-state index in [9.17, 15) is 13.9 Å². The summed E-state index contributed by atoms with van der Waals surface area (Å²) in [4.78, 5) is 0. The smallest absolute Gasteiger partial charge is 0.131 e. The molecule has 0 spiro atoms. The zero-order chi connectivity index (χ0) is 14.4. The average Bonchev–Trinajstić information content (AvgIpc) is 2.33. The van der Waals surface area contributed by atoms with Crippen molar-refractivity contribution in [3.63, 3.8) is 0 Å². The number of halogens is 2. The summed E-state index contributed by atoms with van der Waals surface area (Å²) in [5.74, 6) is -1.25. The molecule has 3 nitrogen and oxygen atoms in total. The van der Waals surface area contributed by atoms with Gasteiger partial charge in [0.1, 0.15) is 11.6 Å². The molecule has 0 heterocycles. The van der Waals surface area contributed by atoms with Gasteiger partial charge in [0.15, 0.2) is 0 Å². The van der Waals surface area contributed by atoms with Gasteiger partial charge in [0.25, 0.3) is 0 Å². The first-order chi connectivity index (χ1) is 8.97. The SMILES string of the molecule is CC(C)C(CCO)NCC(O)c1c(F)cccc1F. The van der Waals surface area contributed by atoms with Crippen LogP contribution in [0.4, 0.5) is 8.78 Å². The van der Waals surface area contributed by atoms with Crippen LogP contribution in [0.15, 0.2) is 18.2 Å². The molecule has 3 N–H and O–H groups in total. The molecule has 1 aromatic carbocycles. The number of hydrogen-bond acceptors (Lipinski definition) is 3. The van der Waals surface area contributed by atoms with Gasteiger partial charge in [0, 0.05) is 19.2 Å². The van der Waals surface area contributed by atoms with Crippen LogP contribution in [0.25, 0.3) is 0 Å². The normalized spacial score (nSPS) is 14.7. The van der Waals surface area contributed by atoms with Crippen molar-refractivity contribution in [1.29, 1.82) is 0 Å². The fourth-order valence-electron chi connectivity index (χ4n) is 2.00. The molecule has 0 saturated carbocycles. The van der Waals surface area contributed by atoms with Crippen LogP contribution < -0.4 is 5.32 Å². The van der Waals surface area contributed by atoms with Crippen molar-refractivity contribution in [3.8, 4) is 0 Å². The van der Waals surface area contributed by atoms with Crippen molar-refractivity contribution >= 4 is 0 Å². The van der Waals surface area contributed by atoms with E-state index < -0.39 is 17.7 Å². The van der Waals surface area contributed by atoms with E-state index in [1.807, 2.05) is 13.8 Å². The van der Waals surface area contributed by atoms with Crippen LogP contribution in [0, 0.1) is 17.6 Å². The number of aliphatic hydroxyl groups is 2. The minimum absolute atomic E-state index is 0.00511. The minimum atomic E-state index is -1.25. The minimum Gasteiger partial charge on any atom is -0.396 e. The fourth-order valence-corrected chi connectivity index (χ4v) is 2.00. The largest absolute Gasteiger partial charge is 0.396 e. The maximum Gasteiger partial charge on any atom is 0.131 e. The number of aliphatic hydroxyl groups excluding tert-OH is 2. The third kappa shape index (κ3) is 4.53. The number of hydrogen-bond donors (Lipinski definition) is 3. The molecule has 0 bridgehead atoms. The first kappa shape index (κ1) is 16.0. The first-order valence-corrected chi connectivity index (χ1v) is 6.43. The standard InChI is InChI=1S/C14H21F2NO2/c1-9(2)12(6-7-18)17-8-13(19)14-10(15)4-3-5-11(14)16/h3-5,9,12-13,17-19H,6-8H2,1-2H3. The summed E-state index contributed by atoms with van der Waals surface area (Å²) in [5.41, 5.74) is -0.318. The van der Waals surface area contributed by atoms with Gasteiger partial charge in [-0.2, -0.15) is 0 Å². The molecule has 0 radical (unpaired) electrons. The second-order valence-corrected chi connectivity index (χ2v) is 4.92. The zero-order valence-corrected chi connectivity index (χ0v) is 11.2. The van der Waals surface area contributed by atoms with Crippen LogP contribution in [0.1, 0.15) is 31.9 Å². The van der Waals surface area contributed by atoms with Crippen molar-refractivity contribution in [2.45, 2.75) is 32.4 Å². The Morgan fingerprint density at radius 3 is 2.26 bits per heavy atom. The predicted octanol–water partition coefficient (Wildman–Crippen LogP) is 1.99. The Bertz CT molecular complexity index is 379. The molecule has 0 amide bonds. The van der Waals surface area contributed by atoms with Gasteiger partial charge in [-0.3, -0.25) is 0 Å². The van der Waals surface area contributed by atoms with Crippen LogP contribution in [0.2, 0.25) is 0 Å². The van der Waals surface area contributed by atoms with Crippen LogP contribution in [0.5, 0.6) is 0 Å². The van der Waals surface area contributed by atoms with Gasteiger partial charge in [-0.1, -0.05) is 19.9 Å². The van der Waals surface area contributed by atoms with Crippen LogP contribution in [0.3, 0.4) is 0 Å². The van der Waals surface area contributed by atoms with E-state index in [1.165, 1.54) is 6.07 Å². The Labute approximate surface area is 112 Å². The zero-order valence-electron chi connectivity index (χ0n) is 11.2. The van der Waals surface area contributed by atoms with E-state index in [-0.39, 0.29) is 30.7 Å². The molecule has 0 saturated heterocycles. The number of nitrogens with one attached hydrogen (secondary N) is 1. The Morgan fingerprint density at radius 2 is 1.79 bits per heavy atom. The summed E-state index contributed by atoms with van der Waals surface area (Å²) in [5, 5.41) is 21.8. The molecule has 1 aromatic rings. The topological polar surface area (TPSA) is 52.5 Å². The Morgan fingerprint density at radius 1 is 1.21 bits per heavy atom. The van der Waals surface area contributed by atoms with E-state index in [0.29, 0.717) is 6.42 Å². The lowest BCUT2D eigenvalue weighted by Gasteiger charge is -2.23. The highest BCUT2D eigenvalue weighted by molar-refractivity contribution is 5.22. The molecular weight excluding hydrogens is 252 g/mol. The van der Waals surface area contributed by atoms with Gasteiger partial charge in [-0.15, -0.1) is 0 Å². The van der Waals surface area contributed by atoms with Gasteiger partial charge < -0.3 is 15.5 Å². The highest BCUT2D eigenvalue weighted by Gasteiger charge is 2.20. The fraction of sp³-hybridized carbons (Fsp3) is 0.571. The lowest BCUT2D eigenvalue weighted by atomic mass is 10.0. The number of benzene rings is 1. The summed E-state index contributed by atoms with van der Waals surface area (Å²) in [6.45, 7) is 4.02. The van der Waals surface area contributed by atoms with Gasteiger partial charge in [0.05, 0.1) is 11.7 Å². The Kier molecular flexibility index (Phi) is 6.34. The summed E-state index contributed by atoms with van der Waals surface area (Å²) >= 11 is 0. The van der Waals surface area contributed by atoms with Crippen LogP contribution >= 0.6 is 0 Å². The van der Waals surface area contributed by atoms with Gasteiger partial charge in [-0.05, 0) is 24.5 Å². The molecule has 108 valence electrons. The summed E-state index contributed by atoms with van der Waals surface area (Å²) in [7, 11) is 0. The Balaban J connectivity index is 2.66. The maximum atomic E-state index is 13.5. The van der Waals surface area contributed by atoms with Crippen molar-refractivity contribution in [2.75, 3.05) is 13.2 Å². The summed E-state index contributed by atoms with van der Waals surface area (Å²) in [6.07, 6.45) is -0.717. The van der Waals surface area contributed by atoms with Crippen molar-refractivity contribution in [3.05, 3.63) is 35.4 Å². The van der Waals surface area contributed by atoms with Crippen molar-refractivity contribution < 1.29 is 19.0 Å². The lowest BCUT2D eigenvalue weighted by Crippen LogP contribution is -2.37. The summed E-state index contributed by atoms with van der Waals surface area (Å²) in [6, 6.07) is 3.50. The second kappa shape index (κ2) is 7.53. The quantitative estimate of drug-likeness (QED) is 0.712. The van der Waals surface area contributed by atoms with E-state index >= 15 is 0 Å². The molecular formula is C14H21F2NO2. The third-order valence-corrected chi connectivity index (χ3v) is 3.15. The lowest BCUT2D eigenvalue weighted by molar-refractivity contribution is 0.151. The van der Waals surface area contributed by atoms with E-state index in [1.54, 1.807) is 0 Å². The molecule has 0 aliphatic heterocycles. The average molecular weight is 273 g/mol. The molecule has 2 unspecified atom stereocenters. The van der Waals surface area contributed by atoms with E-state index in [4.69, 9.17) is 5.11 Å². The maximum absolute atomic E-state index is 13.5. The Hall–Kier alpha value is -1.04. The summed E-state index contributed by atoms with van der Waals surface area (Å²) < 4.78 is 26.9. The highest BCUT2D eigenvalue weighted by Crippen LogP contribution is 2.20. The van der Waals surface area contributed by atoms with Crippen LogP contribution in [-0.4, -0.2) is 29.4 Å². The highest BCUT2D eigenvalue weighted by atomic mass is 19.1. The molecule has 0 aliphatic rings. The second-order valence-electron chi connectivity index (χ2n) is 4.92. The van der Waals surface area contributed by atoms with E-state index in [0.717, 1.165) is 12.1 Å². The molecule has 5 heteroatoms. The molecule has 0 aliphatic carbocycles. The molecule has 2 atom stereocenters. The van der Waals surface area contributed by atoms with Gasteiger partial charge in [0.2, 0.25) is 0 Å². The molecule has 19 heavy (non-hydrogen) atoms. The van der Waals surface area contributed by atoms with Crippen molar-refractivity contribution in [2.24, 2.45) is 5.92 Å². The van der Waals surface area contributed by atoms with Gasteiger partial charge in [-0.25, -0.2) is 8.78 Å². The number of rotatable bonds is 7. The monoisotopic (exact) mass is 273 g/mol. The predicted molar refractivity (Wildman–Crippen MR) is 69.6 cm³/mol. The van der Waals surface area contributed by atoms with Gasteiger partial charge >= 0.3 is 0 Å². The molecule has 1 rings (SSSR count). The first-order valence-electron chi connectivity index (χ1n) is 6.43.